The third kappa shape index (κ3) is 4.26. The molecule has 0 bridgehead atoms. The van der Waals surface area contributed by atoms with E-state index in [1.165, 1.54) is 16.2 Å². The van der Waals surface area contributed by atoms with Gasteiger partial charge in [0.05, 0.1) is 17.7 Å². The van der Waals surface area contributed by atoms with Gasteiger partial charge in [0.15, 0.2) is 0 Å². The van der Waals surface area contributed by atoms with Crippen LogP contribution in [0, 0.1) is 6.92 Å². The maximum absolute atomic E-state index is 12.6. The van der Waals surface area contributed by atoms with Gasteiger partial charge in [-0.15, -0.1) is 22.7 Å². The third-order valence-electron chi connectivity index (χ3n) is 3.98. The second kappa shape index (κ2) is 8.29. The number of para-hydroxylation sites is 1. The van der Waals surface area contributed by atoms with Gasteiger partial charge in [-0.25, -0.2) is 4.98 Å². The van der Waals surface area contributed by atoms with Crippen molar-refractivity contribution in [2.75, 3.05) is 12.4 Å². The molecule has 138 valence electrons. The van der Waals surface area contributed by atoms with Gasteiger partial charge in [0.1, 0.15) is 16.4 Å². The lowest BCUT2D eigenvalue weighted by molar-refractivity contribution is 0.344. The maximum Gasteiger partial charge on any atom is 0.260 e. The fraction of sp³-hybridized carbons (Fsp3) is 0.200. The van der Waals surface area contributed by atoms with E-state index >= 15 is 0 Å². The Balaban J connectivity index is 1.41. The lowest BCUT2D eigenvalue weighted by Gasteiger charge is -2.05. The van der Waals surface area contributed by atoms with E-state index in [1.54, 1.807) is 23.1 Å². The average molecular weight is 415 g/mol. The Morgan fingerprint density at radius 2 is 2.04 bits per heavy atom. The smallest absolute Gasteiger partial charge is 0.260 e. The standard InChI is InChI=1S/C20H18N2O2S3/c1-13-7-8-16(27-13)15-11-26-20-18(15)19(23)21-17(22-20)12-25-10-9-24-14-5-3-2-4-6-14/h2-8,11H,9-10,12H2,1H3,(H,21,22,23). The number of aryl methyl sites for hydroxylation is 1. The molecule has 0 saturated heterocycles. The van der Waals surface area contributed by atoms with Crippen molar-refractivity contribution in [1.82, 2.24) is 9.97 Å². The fourth-order valence-electron chi connectivity index (χ4n) is 2.73. The average Bonchev–Trinajstić information content (AvgIpc) is 3.28. The summed E-state index contributed by atoms with van der Waals surface area (Å²) < 4.78 is 5.68. The van der Waals surface area contributed by atoms with Gasteiger partial charge in [-0.1, -0.05) is 18.2 Å². The zero-order chi connectivity index (χ0) is 18.6. The summed E-state index contributed by atoms with van der Waals surface area (Å²) in [5.74, 6) is 3.09. The number of H-pyrrole nitrogens is 1. The molecule has 0 amide bonds. The van der Waals surface area contributed by atoms with Crippen molar-refractivity contribution in [2.24, 2.45) is 0 Å². The van der Waals surface area contributed by atoms with Gasteiger partial charge in [-0.05, 0) is 31.2 Å². The minimum absolute atomic E-state index is 0.0570. The highest BCUT2D eigenvalue weighted by atomic mass is 32.2. The van der Waals surface area contributed by atoms with Crippen LogP contribution in [0.4, 0.5) is 0 Å². The highest BCUT2D eigenvalue weighted by Gasteiger charge is 2.14. The molecule has 4 nitrogen and oxygen atoms in total. The van der Waals surface area contributed by atoms with Crippen LogP contribution in [0.15, 0.2) is 52.6 Å². The summed E-state index contributed by atoms with van der Waals surface area (Å²) in [5, 5.41) is 2.73. The molecule has 7 heteroatoms. The highest BCUT2D eigenvalue weighted by molar-refractivity contribution is 7.98. The van der Waals surface area contributed by atoms with Gasteiger partial charge in [-0.3, -0.25) is 4.79 Å². The predicted molar refractivity (Wildman–Crippen MR) is 116 cm³/mol. The number of aromatic nitrogens is 2. The zero-order valence-electron chi connectivity index (χ0n) is 14.7. The van der Waals surface area contributed by atoms with Crippen LogP contribution >= 0.6 is 34.4 Å². The molecule has 0 unspecified atom stereocenters. The first kappa shape index (κ1) is 18.3. The van der Waals surface area contributed by atoms with E-state index in [-0.39, 0.29) is 5.56 Å². The van der Waals surface area contributed by atoms with Crippen LogP contribution in [-0.4, -0.2) is 22.3 Å². The number of hydrogen-bond acceptors (Lipinski definition) is 6. The fourth-order valence-corrected chi connectivity index (χ4v) is 5.32. The van der Waals surface area contributed by atoms with E-state index in [9.17, 15) is 4.79 Å². The van der Waals surface area contributed by atoms with Crippen molar-refractivity contribution >= 4 is 44.7 Å². The second-order valence-corrected chi connectivity index (χ2v) is 9.22. The van der Waals surface area contributed by atoms with Gasteiger partial charge >= 0.3 is 0 Å². The molecule has 0 atom stereocenters. The highest BCUT2D eigenvalue weighted by Crippen LogP contribution is 2.35. The number of fused-ring (bicyclic) bond motifs is 1. The Kier molecular flexibility index (Phi) is 5.61. The predicted octanol–water partition coefficient (Wildman–Crippen LogP) is 5.33. The van der Waals surface area contributed by atoms with Crippen molar-refractivity contribution in [3.8, 4) is 16.2 Å². The van der Waals surface area contributed by atoms with Crippen molar-refractivity contribution in [2.45, 2.75) is 12.7 Å². The van der Waals surface area contributed by atoms with Gasteiger partial charge in [0.25, 0.3) is 5.56 Å². The monoisotopic (exact) mass is 414 g/mol. The molecule has 27 heavy (non-hydrogen) atoms. The second-order valence-electron chi connectivity index (χ2n) is 5.97. The maximum atomic E-state index is 12.6. The summed E-state index contributed by atoms with van der Waals surface area (Å²) in [4.78, 5) is 23.4. The van der Waals surface area contributed by atoms with E-state index in [0.717, 1.165) is 26.8 Å². The number of benzene rings is 1. The van der Waals surface area contributed by atoms with Gasteiger partial charge in [0.2, 0.25) is 0 Å². The third-order valence-corrected chi connectivity index (χ3v) is 6.82. The van der Waals surface area contributed by atoms with E-state index in [0.29, 0.717) is 23.6 Å². The molecule has 3 heterocycles. The molecular weight excluding hydrogens is 396 g/mol. The van der Waals surface area contributed by atoms with Gasteiger partial charge in [-0.2, -0.15) is 11.8 Å². The molecular formula is C20H18N2O2S3. The minimum Gasteiger partial charge on any atom is -0.493 e. The zero-order valence-corrected chi connectivity index (χ0v) is 17.2. The molecule has 0 fully saturated rings. The van der Waals surface area contributed by atoms with E-state index in [1.807, 2.05) is 35.7 Å². The normalized spacial score (nSPS) is 11.1. The Labute approximate surface area is 169 Å². The van der Waals surface area contributed by atoms with Crippen LogP contribution in [0.5, 0.6) is 5.75 Å². The Morgan fingerprint density at radius 3 is 2.81 bits per heavy atom. The number of thiophene rings is 2. The number of nitrogens with one attached hydrogen (secondary N) is 1. The van der Waals surface area contributed by atoms with Crippen LogP contribution in [0.25, 0.3) is 20.7 Å². The van der Waals surface area contributed by atoms with Crippen molar-refractivity contribution in [3.63, 3.8) is 0 Å². The summed E-state index contributed by atoms with van der Waals surface area (Å²) in [5.41, 5.74) is 0.927. The molecule has 4 aromatic rings. The van der Waals surface area contributed by atoms with Crippen molar-refractivity contribution in [3.05, 3.63) is 68.9 Å². The molecule has 1 N–H and O–H groups in total. The summed E-state index contributed by atoms with van der Waals surface area (Å²) >= 11 is 4.93. The molecule has 0 saturated carbocycles. The molecule has 1 aromatic carbocycles. The molecule has 4 rings (SSSR count). The first-order valence-corrected chi connectivity index (χ1v) is 11.4. The quantitative estimate of drug-likeness (QED) is 0.415. The Hall–Kier alpha value is -2.09. The number of nitrogens with zero attached hydrogens (tertiary/aromatic N) is 1. The molecule has 0 spiro atoms. The molecule has 0 aliphatic heterocycles. The first-order valence-electron chi connectivity index (χ1n) is 8.53. The minimum atomic E-state index is -0.0570. The first-order chi connectivity index (χ1) is 13.2. The van der Waals surface area contributed by atoms with Crippen molar-refractivity contribution < 1.29 is 4.74 Å². The molecule has 3 aromatic heterocycles. The van der Waals surface area contributed by atoms with Crippen LogP contribution in [0.1, 0.15) is 10.7 Å². The van der Waals surface area contributed by atoms with E-state index in [2.05, 4.69) is 29.0 Å². The van der Waals surface area contributed by atoms with Gasteiger partial charge in [0, 0.05) is 26.5 Å². The molecule has 0 radical (unpaired) electrons. The lowest BCUT2D eigenvalue weighted by Crippen LogP contribution is -2.11. The number of hydrogen-bond donors (Lipinski definition) is 1. The largest absolute Gasteiger partial charge is 0.493 e. The Morgan fingerprint density at radius 1 is 1.19 bits per heavy atom. The van der Waals surface area contributed by atoms with Crippen LogP contribution < -0.4 is 10.3 Å². The van der Waals surface area contributed by atoms with Crippen LogP contribution in [0.2, 0.25) is 0 Å². The summed E-state index contributed by atoms with van der Waals surface area (Å²) in [6, 6.07) is 13.9. The van der Waals surface area contributed by atoms with Crippen LogP contribution in [-0.2, 0) is 5.75 Å². The summed E-state index contributed by atoms with van der Waals surface area (Å²) in [6.45, 7) is 2.70. The van der Waals surface area contributed by atoms with E-state index in [4.69, 9.17) is 4.74 Å². The number of thioether (sulfide) groups is 1. The summed E-state index contributed by atoms with van der Waals surface area (Å²) in [6.07, 6.45) is 0. The Bertz CT molecular complexity index is 1100. The molecule has 0 aliphatic rings. The number of ether oxygens (including phenoxy) is 1. The molecule has 0 aliphatic carbocycles. The summed E-state index contributed by atoms with van der Waals surface area (Å²) in [7, 11) is 0. The topological polar surface area (TPSA) is 55.0 Å². The van der Waals surface area contributed by atoms with E-state index < -0.39 is 0 Å². The number of rotatable bonds is 7. The van der Waals surface area contributed by atoms with Gasteiger partial charge < -0.3 is 9.72 Å². The number of aromatic amines is 1. The SMILES string of the molecule is Cc1ccc(-c2csc3nc(CSCCOc4ccccc4)[nH]c(=O)c23)s1. The van der Waals surface area contributed by atoms with Crippen LogP contribution in [0.3, 0.4) is 0 Å². The lowest BCUT2D eigenvalue weighted by atomic mass is 10.2. The van der Waals surface area contributed by atoms with Crippen molar-refractivity contribution in [1.29, 1.82) is 0 Å².